The number of hydrogen-bond acceptors (Lipinski definition) is 2. The lowest BCUT2D eigenvalue weighted by atomic mass is 10.1. The van der Waals surface area contributed by atoms with E-state index in [-0.39, 0.29) is 6.10 Å². The standard InChI is InChI=1S/C20H23BrN2OS/c1-15-4-2-5-16(12-15)13-23(14-19-6-3-11-24-19)20(25)22-18-9-7-17(21)8-10-18/h2,4-5,7-10,12,19H,3,6,11,13-14H2,1H3,(H,22,25). The smallest absolute Gasteiger partial charge is 0.173 e. The molecule has 0 amide bonds. The quantitative estimate of drug-likeness (QED) is 0.679. The van der Waals surface area contributed by atoms with E-state index in [2.05, 4.69) is 57.3 Å². The van der Waals surface area contributed by atoms with Gasteiger partial charge in [0.05, 0.1) is 6.10 Å². The number of anilines is 1. The van der Waals surface area contributed by atoms with Gasteiger partial charge in [-0.05, 0) is 61.8 Å². The highest BCUT2D eigenvalue weighted by Crippen LogP contribution is 2.18. The van der Waals surface area contributed by atoms with E-state index < -0.39 is 0 Å². The van der Waals surface area contributed by atoms with Crippen LogP contribution in [0.4, 0.5) is 5.69 Å². The Bertz CT molecular complexity index is 714. The van der Waals surface area contributed by atoms with Crippen LogP contribution >= 0.6 is 28.1 Å². The molecule has 1 N–H and O–H groups in total. The molecule has 1 fully saturated rings. The second kappa shape index (κ2) is 8.79. The lowest BCUT2D eigenvalue weighted by Crippen LogP contribution is -2.39. The molecule has 0 aromatic heterocycles. The third kappa shape index (κ3) is 5.53. The zero-order chi connectivity index (χ0) is 17.6. The molecule has 1 unspecified atom stereocenters. The molecule has 2 aromatic carbocycles. The number of halogens is 1. The van der Waals surface area contributed by atoms with Crippen molar-refractivity contribution in [3.8, 4) is 0 Å². The van der Waals surface area contributed by atoms with Gasteiger partial charge in [-0.1, -0.05) is 45.8 Å². The highest BCUT2D eigenvalue weighted by atomic mass is 79.9. The Kier molecular flexibility index (Phi) is 6.45. The molecule has 5 heteroatoms. The van der Waals surface area contributed by atoms with Crippen molar-refractivity contribution in [2.45, 2.75) is 32.4 Å². The molecule has 0 saturated carbocycles. The Morgan fingerprint density at radius 3 is 2.76 bits per heavy atom. The third-order valence-electron chi connectivity index (χ3n) is 4.29. The summed E-state index contributed by atoms with van der Waals surface area (Å²) in [5.41, 5.74) is 3.52. The highest BCUT2D eigenvalue weighted by molar-refractivity contribution is 9.10. The number of hydrogen-bond donors (Lipinski definition) is 1. The van der Waals surface area contributed by atoms with Crippen molar-refractivity contribution in [3.05, 3.63) is 64.1 Å². The van der Waals surface area contributed by atoms with E-state index in [0.29, 0.717) is 0 Å². The molecule has 0 radical (unpaired) electrons. The molecule has 25 heavy (non-hydrogen) atoms. The van der Waals surface area contributed by atoms with Crippen LogP contribution in [0.25, 0.3) is 0 Å². The Hall–Kier alpha value is -1.43. The van der Waals surface area contributed by atoms with Crippen molar-refractivity contribution in [1.82, 2.24) is 4.90 Å². The lowest BCUT2D eigenvalue weighted by molar-refractivity contribution is 0.0905. The zero-order valence-electron chi connectivity index (χ0n) is 14.4. The first-order valence-corrected chi connectivity index (χ1v) is 9.79. The van der Waals surface area contributed by atoms with Crippen molar-refractivity contribution in [2.24, 2.45) is 0 Å². The van der Waals surface area contributed by atoms with Crippen LogP contribution in [-0.2, 0) is 11.3 Å². The lowest BCUT2D eigenvalue weighted by Gasteiger charge is -2.28. The number of benzene rings is 2. The van der Waals surface area contributed by atoms with Crippen LogP contribution in [0.2, 0.25) is 0 Å². The molecular formula is C20H23BrN2OS. The molecule has 2 aromatic rings. The van der Waals surface area contributed by atoms with Gasteiger partial charge in [-0.25, -0.2) is 0 Å². The Labute approximate surface area is 163 Å². The van der Waals surface area contributed by atoms with Crippen molar-refractivity contribution in [3.63, 3.8) is 0 Å². The first kappa shape index (κ1) is 18.4. The predicted molar refractivity (Wildman–Crippen MR) is 111 cm³/mol. The second-order valence-electron chi connectivity index (χ2n) is 6.44. The fourth-order valence-corrected chi connectivity index (χ4v) is 3.54. The summed E-state index contributed by atoms with van der Waals surface area (Å²) in [5, 5.41) is 4.09. The Morgan fingerprint density at radius 1 is 1.28 bits per heavy atom. The SMILES string of the molecule is Cc1cccc(CN(CC2CCCO2)C(=S)Nc2ccc(Br)cc2)c1. The summed E-state index contributed by atoms with van der Waals surface area (Å²) in [6.07, 6.45) is 2.50. The van der Waals surface area contributed by atoms with E-state index in [1.165, 1.54) is 11.1 Å². The van der Waals surface area contributed by atoms with Gasteiger partial charge in [0, 0.05) is 29.9 Å². The van der Waals surface area contributed by atoms with Crippen LogP contribution in [0.3, 0.4) is 0 Å². The predicted octanol–water partition coefficient (Wildman–Crippen LogP) is 5.14. The van der Waals surface area contributed by atoms with Gasteiger partial charge in [0.25, 0.3) is 0 Å². The molecule has 132 valence electrons. The van der Waals surface area contributed by atoms with Gasteiger partial charge in [-0.3, -0.25) is 0 Å². The summed E-state index contributed by atoms with van der Waals surface area (Å²) in [5.74, 6) is 0. The molecule has 1 heterocycles. The average Bonchev–Trinajstić information content (AvgIpc) is 3.09. The van der Waals surface area contributed by atoms with Gasteiger partial charge >= 0.3 is 0 Å². The minimum absolute atomic E-state index is 0.259. The van der Waals surface area contributed by atoms with Crippen LogP contribution in [-0.4, -0.2) is 29.3 Å². The summed E-state index contributed by atoms with van der Waals surface area (Å²) in [6.45, 7) is 4.57. The number of rotatable bonds is 5. The van der Waals surface area contributed by atoms with Gasteiger partial charge in [0.2, 0.25) is 0 Å². The number of aryl methyl sites for hydroxylation is 1. The molecule has 1 saturated heterocycles. The van der Waals surface area contributed by atoms with Crippen molar-refractivity contribution in [1.29, 1.82) is 0 Å². The average molecular weight is 419 g/mol. The van der Waals surface area contributed by atoms with E-state index in [1.54, 1.807) is 0 Å². The summed E-state index contributed by atoms with van der Waals surface area (Å²) < 4.78 is 6.88. The maximum atomic E-state index is 5.83. The van der Waals surface area contributed by atoms with Gasteiger partial charge in [-0.15, -0.1) is 0 Å². The van der Waals surface area contributed by atoms with Crippen molar-refractivity contribution >= 4 is 38.9 Å². The first-order chi connectivity index (χ1) is 12.1. The summed E-state index contributed by atoms with van der Waals surface area (Å²) in [4.78, 5) is 2.21. The number of thiocarbonyl (C=S) groups is 1. The largest absolute Gasteiger partial charge is 0.376 e. The molecular weight excluding hydrogens is 396 g/mol. The van der Waals surface area contributed by atoms with Gasteiger partial charge in [-0.2, -0.15) is 0 Å². The second-order valence-corrected chi connectivity index (χ2v) is 7.74. The summed E-state index contributed by atoms with van der Waals surface area (Å²) >= 11 is 9.17. The minimum atomic E-state index is 0.259. The monoisotopic (exact) mass is 418 g/mol. The molecule has 3 rings (SSSR count). The molecule has 0 spiro atoms. The highest BCUT2D eigenvalue weighted by Gasteiger charge is 2.21. The van der Waals surface area contributed by atoms with Gasteiger partial charge in [0.15, 0.2) is 5.11 Å². The summed E-state index contributed by atoms with van der Waals surface area (Å²) in [7, 11) is 0. The normalized spacial score (nSPS) is 16.6. The minimum Gasteiger partial charge on any atom is -0.376 e. The van der Waals surface area contributed by atoms with Crippen LogP contribution < -0.4 is 5.32 Å². The van der Waals surface area contributed by atoms with Crippen LogP contribution in [0.15, 0.2) is 53.0 Å². The fraction of sp³-hybridized carbons (Fsp3) is 0.350. The Balaban J connectivity index is 1.71. The first-order valence-electron chi connectivity index (χ1n) is 8.59. The molecule has 3 nitrogen and oxygen atoms in total. The van der Waals surface area contributed by atoms with Crippen molar-refractivity contribution in [2.75, 3.05) is 18.5 Å². The van der Waals surface area contributed by atoms with Gasteiger partial charge < -0.3 is 15.0 Å². The number of nitrogens with one attached hydrogen (secondary N) is 1. The van der Waals surface area contributed by atoms with Gasteiger partial charge in [0.1, 0.15) is 0 Å². The van der Waals surface area contributed by atoms with Crippen LogP contribution in [0, 0.1) is 6.92 Å². The maximum absolute atomic E-state index is 5.83. The molecule has 0 bridgehead atoms. The number of nitrogens with zero attached hydrogens (tertiary/aromatic N) is 1. The summed E-state index contributed by atoms with van der Waals surface area (Å²) in [6, 6.07) is 16.6. The van der Waals surface area contributed by atoms with E-state index >= 15 is 0 Å². The van der Waals surface area contributed by atoms with Crippen LogP contribution in [0.5, 0.6) is 0 Å². The topological polar surface area (TPSA) is 24.5 Å². The molecule has 1 aliphatic heterocycles. The van der Waals surface area contributed by atoms with Crippen molar-refractivity contribution < 1.29 is 4.74 Å². The molecule has 1 aliphatic rings. The fourth-order valence-electron chi connectivity index (χ4n) is 3.02. The zero-order valence-corrected chi connectivity index (χ0v) is 16.8. The molecule has 0 aliphatic carbocycles. The molecule has 1 atom stereocenters. The van der Waals surface area contributed by atoms with E-state index in [9.17, 15) is 0 Å². The number of ether oxygens (including phenoxy) is 1. The maximum Gasteiger partial charge on any atom is 0.173 e. The van der Waals surface area contributed by atoms with E-state index in [0.717, 1.165) is 47.8 Å². The van der Waals surface area contributed by atoms with E-state index in [1.807, 2.05) is 24.3 Å². The van der Waals surface area contributed by atoms with E-state index in [4.69, 9.17) is 17.0 Å². The van der Waals surface area contributed by atoms with Crippen LogP contribution in [0.1, 0.15) is 24.0 Å². The third-order valence-corrected chi connectivity index (χ3v) is 5.18. The Morgan fingerprint density at radius 2 is 2.08 bits per heavy atom.